The smallest absolute Gasteiger partial charge is 0.0377 e. The maximum Gasteiger partial charge on any atom is 0.0377 e. The van der Waals surface area contributed by atoms with Gasteiger partial charge < -0.3 is 15.5 Å². The van der Waals surface area contributed by atoms with Crippen molar-refractivity contribution in [3.05, 3.63) is 23.8 Å². The maximum absolute atomic E-state index is 3.50. The predicted molar refractivity (Wildman–Crippen MR) is 68.3 cm³/mol. The fourth-order valence-electron chi connectivity index (χ4n) is 2.66. The highest BCUT2D eigenvalue weighted by Crippen LogP contribution is 2.29. The first-order valence-corrected chi connectivity index (χ1v) is 6.18. The fourth-order valence-corrected chi connectivity index (χ4v) is 2.66. The third kappa shape index (κ3) is 1.76. The molecule has 1 atom stereocenters. The van der Waals surface area contributed by atoms with Crippen LogP contribution in [0.4, 0.5) is 11.4 Å². The first-order valence-electron chi connectivity index (χ1n) is 6.18. The number of hydrogen-bond acceptors (Lipinski definition) is 3. The van der Waals surface area contributed by atoms with Gasteiger partial charge in [0.1, 0.15) is 0 Å². The Hall–Kier alpha value is -1.22. The highest BCUT2D eigenvalue weighted by Gasteiger charge is 2.18. The molecule has 1 unspecified atom stereocenters. The summed E-state index contributed by atoms with van der Waals surface area (Å²) in [6, 6.07) is 7.43. The van der Waals surface area contributed by atoms with E-state index in [1.54, 1.807) is 0 Å². The summed E-state index contributed by atoms with van der Waals surface area (Å²) in [7, 11) is 0. The third-order valence-electron chi connectivity index (χ3n) is 3.50. The van der Waals surface area contributed by atoms with Crippen molar-refractivity contribution in [3.8, 4) is 0 Å². The quantitative estimate of drug-likeness (QED) is 0.745. The number of hydrogen-bond donors (Lipinski definition) is 2. The van der Waals surface area contributed by atoms with Crippen LogP contribution in [0.5, 0.6) is 0 Å². The van der Waals surface area contributed by atoms with Crippen molar-refractivity contribution >= 4 is 11.4 Å². The van der Waals surface area contributed by atoms with Crippen molar-refractivity contribution in [2.24, 2.45) is 0 Å². The number of fused-ring (bicyclic) bond motifs is 1. The first-order chi connectivity index (χ1) is 7.83. The van der Waals surface area contributed by atoms with E-state index >= 15 is 0 Å². The van der Waals surface area contributed by atoms with E-state index in [-0.39, 0.29) is 0 Å². The maximum atomic E-state index is 3.50. The van der Waals surface area contributed by atoms with E-state index in [0.29, 0.717) is 6.04 Å². The lowest BCUT2D eigenvalue weighted by Gasteiger charge is -2.29. The lowest BCUT2D eigenvalue weighted by Crippen LogP contribution is -2.43. The lowest BCUT2D eigenvalue weighted by atomic mass is 10.1. The summed E-state index contributed by atoms with van der Waals surface area (Å²) in [5.41, 5.74) is 4.19. The van der Waals surface area contributed by atoms with Gasteiger partial charge in [-0.2, -0.15) is 0 Å². The third-order valence-corrected chi connectivity index (χ3v) is 3.50. The SMILES string of the molecule is CC1Cc2cc(N3CCNCC3)ccc2N1. The van der Waals surface area contributed by atoms with Crippen LogP contribution in [0, 0.1) is 0 Å². The molecule has 0 aromatic heterocycles. The molecule has 2 aliphatic heterocycles. The molecule has 1 aromatic rings. The Morgan fingerprint density at radius 3 is 2.88 bits per heavy atom. The summed E-state index contributed by atoms with van der Waals surface area (Å²) in [4.78, 5) is 2.47. The molecule has 0 amide bonds. The topological polar surface area (TPSA) is 27.3 Å². The molecule has 1 fully saturated rings. The summed E-state index contributed by atoms with van der Waals surface area (Å²) >= 11 is 0. The Labute approximate surface area is 96.8 Å². The standard InChI is InChI=1S/C13H19N3/c1-10-8-11-9-12(2-3-13(11)15-10)16-6-4-14-5-7-16/h2-3,9-10,14-15H,4-8H2,1H3. The second-order valence-corrected chi connectivity index (χ2v) is 4.83. The molecule has 0 saturated carbocycles. The second kappa shape index (κ2) is 3.98. The van der Waals surface area contributed by atoms with E-state index in [2.05, 4.69) is 40.7 Å². The van der Waals surface area contributed by atoms with Gasteiger partial charge in [0.05, 0.1) is 0 Å². The van der Waals surface area contributed by atoms with Crippen LogP contribution in [0.3, 0.4) is 0 Å². The molecule has 86 valence electrons. The van der Waals surface area contributed by atoms with Crippen LogP contribution in [0.1, 0.15) is 12.5 Å². The van der Waals surface area contributed by atoms with E-state index in [1.807, 2.05) is 0 Å². The number of nitrogens with one attached hydrogen (secondary N) is 2. The van der Waals surface area contributed by atoms with Crippen molar-refractivity contribution in [1.29, 1.82) is 0 Å². The van der Waals surface area contributed by atoms with Gasteiger partial charge in [0.15, 0.2) is 0 Å². The van der Waals surface area contributed by atoms with Crippen molar-refractivity contribution in [2.75, 3.05) is 36.4 Å². The first kappa shape index (κ1) is 9.97. The summed E-state index contributed by atoms with van der Waals surface area (Å²) in [6.45, 7) is 6.70. The monoisotopic (exact) mass is 217 g/mol. The fraction of sp³-hybridized carbons (Fsp3) is 0.538. The molecule has 0 aliphatic carbocycles. The Morgan fingerprint density at radius 2 is 2.06 bits per heavy atom. The molecular formula is C13H19N3. The average Bonchev–Trinajstić information content (AvgIpc) is 2.69. The van der Waals surface area contributed by atoms with Crippen LogP contribution < -0.4 is 15.5 Å². The summed E-state index contributed by atoms with van der Waals surface area (Å²) in [5.74, 6) is 0. The van der Waals surface area contributed by atoms with Crippen molar-refractivity contribution in [2.45, 2.75) is 19.4 Å². The number of piperazine rings is 1. The Morgan fingerprint density at radius 1 is 1.25 bits per heavy atom. The largest absolute Gasteiger partial charge is 0.382 e. The molecule has 0 radical (unpaired) electrons. The van der Waals surface area contributed by atoms with E-state index < -0.39 is 0 Å². The molecule has 2 heterocycles. The van der Waals surface area contributed by atoms with Crippen molar-refractivity contribution in [1.82, 2.24) is 5.32 Å². The zero-order valence-corrected chi connectivity index (χ0v) is 9.79. The van der Waals surface area contributed by atoms with Gasteiger partial charge in [0.25, 0.3) is 0 Å². The van der Waals surface area contributed by atoms with E-state index in [4.69, 9.17) is 0 Å². The minimum absolute atomic E-state index is 0.591. The minimum Gasteiger partial charge on any atom is -0.382 e. The van der Waals surface area contributed by atoms with E-state index in [0.717, 1.165) is 32.6 Å². The number of nitrogens with zero attached hydrogens (tertiary/aromatic N) is 1. The van der Waals surface area contributed by atoms with Crippen LogP contribution in [-0.4, -0.2) is 32.2 Å². The highest BCUT2D eigenvalue weighted by atomic mass is 15.2. The van der Waals surface area contributed by atoms with Crippen LogP contribution in [0.15, 0.2) is 18.2 Å². The molecule has 3 heteroatoms. The molecule has 3 rings (SSSR count). The van der Waals surface area contributed by atoms with Gasteiger partial charge in [-0.15, -0.1) is 0 Å². The van der Waals surface area contributed by atoms with Crippen LogP contribution >= 0.6 is 0 Å². The van der Waals surface area contributed by atoms with Crippen LogP contribution in [0.2, 0.25) is 0 Å². The number of rotatable bonds is 1. The van der Waals surface area contributed by atoms with Gasteiger partial charge >= 0.3 is 0 Å². The molecular weight excluding hydrogens is 198 g/mol. The summed E-state index contributed by atoms with van der Waals surface area (Å²) in [5, 5.41) is 6.89. The van der Waals surface area contributed by atoms with E-state index in [9.17, 15) is 0 Å². The van der Waals surface area contributed by atoms with Gasteiger partial charge in [-0.05, 0) is 37.1 Å². The normalized spacial score (nSPS) is 24.1. The second-order valence-electron chi connectivity index (χ2n) is 4.83. The molecule has 1 aromatic carbocycles. The molecule has 2 aliphatic rings. The van der Waals surface area contributed by atoms with Crippen LogP contribution in [0.25, 0.3) is 0 Å². The van der Waals surface area contributed by atoms with Gasteiger partial charge in [0, 0.05) is 43.6 Å². The van der Waals surface area contributed by atoms with Gasteiger partial charge in [-0.3, -0.25) is 0 Å². The highest BCUT2D eigenvalue weighted by molar-refractivity contribution is 5.64. The zero-order valence-electron chi connectivity index (χ0n) is 9.79. The van der Waals surface area contributed by atoms with Crippen molar-refractivity contribution < 1.29 is 0 Å². The zero-order chi connectivity index (χ0) is 11.0. The van der Waals surface area contributed by atoms with Gasteiger partial charge in [-0.25, -0.2) is 0 Å². The number of benzene rings is 1. The minimum atomic E-state index is 0.591. The predicted octanol–water partition coefficient (Wildman–Crippen LogP) is 1.45. The van der Waals surface area contributed by atoms with Crippen LogP contribution in [-0.2, 0) is 6.42 Å². The molecule has 16 heavy (non-hydrogen) atoms. The van der Waals surface area contributed by atoms with Crippen molar-refractivity contribution in [3.63, 3.8) is 0 Å². The van der Waals surface area contributed by atoms with Gasteiger partial charge in [0.2, 0.25) is 0 Å². The van der Waals surface area contributed by atoms with E-state index in [1.165, 1.54) is 16.9 Å². The number of anilines is 2. The average molecular weight is 217 g/mol. The Balaban J connectivity index is 1.84. The molecule has 0 bridgehead atoms. The Kier molecular flexibility index (Phi) is 2.48. The van der Waals surface area contributed by atoms with Gasteiger partial charge in [-0.1, -0.05) is 0 Å². The summed E-state index contributed by atoms with van der Waals surface area (Å²) < 4.78 is 0. The molecule has 1 saturated heterocycles. The summed E-state index contributed by atoms with van der Waals surface area (Å²) in [6.07, 6.45) is 1.16. The Bertz CT molecular complexity index is 383. The molecule has 3 nitrogen and oxygen atoms in total. The lowest BCUT2D eigenvalue weighted by molar-refractivity contribution is 0.589. The molecule has 0 spiro atoms. The molecule has 2 N–H and O–H groups in total.